The molecule has 0 aliphatic heterocycles. The highest BCUT2D eigenvalue weighted by atomic mass is 32.2. The summed E-state index contributed by atoms with van der Waals surface area (Å²) in [5, 5.41) is 8.99. The number of rotatable bonds is 3. The molecule has 0 unspecified atom stereocenters. The van der Waals surface area contributed by atoms with Crippen LogP contribution >= 0.6 is 0 Å². The van der Waals surface area contributed by atoms with Gasteiger partial charge in [0.2, 0.25) is 0 Å². The molecular formula is C14H14O3S. The van der Waals surface area contributed by atoms with Crippen molar-refractivity contribution < 1.29 is 13.5 Å². The Morgan fingerprint density at radius 1 is 1.00 bits per heavy atom. The maximum absolute atomic E-state index is 11.7. The average molecular weight is 262 g/mol. The number of aliphatic hydroxyl groups excluding tert-OH is 1. The van der Waals surface area contributed by atoms with Crippen LogP contribution in [0.5, 0.6) is 0 Å². The van der Waals surface area contributed by atoms with E-state index < -0.39 is 9.84 Å². The lowest BCUT2D eigenvalue weighted by Crippen LogP contribution is -1.99. The van der Waals surface area contributed by atoms with E-state index in [1.54, 1.807) is 30.3 Å². The highest BCUT2D eigenvalue weighted by Gasteiger charge is 2.13. The Morgan fingerprint density at radius 2 is 1.61 bits per heavy atom. The summed E-state index contributed by atoms with van der Waals surface area (Å²) in [6.45, 7) is -0.0198. The minimum absolute atomic E-state index is 0.0198. The lowest BCUT2D eigenvalue weighted by atomic mass is 10.0. The fourth-order valence-corrected chi connectivity index (χ4v) is 2.73. The summed E-state index contributed by atoms with van der Waals surface area (Å²) in [5.41, 5.74) is 2.31. The van der Waals surface area contributed by atoms with E-state index in [9.17, 15) is 8.42 Å². The molecule has 1 N–H and O–H groups in total. The second-order valence-electron chi connectivity index (χ2n) is 4.12. The van der Waals surface area contributed by atoms with Crippen molar-refractivity contribution in [3.05, 3.63) is 54.1 Å². The second kappa shape index (κ2) is 4.92. The number of aliphatic hydroxyl groups is 1. The second-order valence-corrected chi connectivity index (χ2v) is 6.11. The standard InChI is InChI=1S/C14H14O3S/c1-18(16,17)14-5-3-2-4-13(14)12-8-6-11(10-15)7-9-12/h2-9,15H,10H2,1H3. The molecule has 0 amide bonds. The third kappa shape index (κ3) is 2.60. The highest BCUT2D eigenvalue weighted by Crippen LogP contribution is 2.27. The molecule has 0 radical (unpaired) electrons. The number of hydrogen-bond donors (Lipinski definition) is 1. The summed E-state index contributed by atoms with van der Waals surface area (Å²) in [5.74, 6) is 0. The maximum Gasteiger partial charge on any atom is 0.176 e. The van der Waals surface area contributed by atoms with Crippen molar-refractivity contribution in [1.82, 2.24) is 0 Å². The van der Waals surface area contributed by atoms with Crippen molar-refractivity contribution >= 4 is 9.84 Å². The van der Waals surface area contributed by atoms with Crippen molar-refractivity contribution in [1.29, 1.82) is 0 Å². The SMILES string of the molecule is CS(=O)(=O)c1ccccc1-c1ccc(CO)cc1. The first-order valence-corrected chi connectivity index (χ1v) is 7.41. The smallest absolute Gasteiger partial charge is 0.176 e. The molecule has 0 aromatic heterocycles. The van der Waals surface area contributed by atoms with E-state index in [0.29, 0.717) is 10.5 Å². The number of hydrogen-bond acceptors (Lipinski definition) is 3. The van der Waals surface area contributed by atoms with Crippen LogP contribution in [0.4, 0.5) is 0 Å². The molecule has 0 aliphatic carbocycles. The van der Waals surface area contributed by atoms with Gasteiger partial charge in [0.15, 0.2) is 9.84 Å². The predicted octanol–water partition coefficient (Wildman–Crippen LogP) is 2.25. The molecule has 4 heteroatoms. The van der Waals surface area contributed by atoms with Gasteiger partial charge in [0, 0.05) is 11.8 Å². The number of benzene rings is 2. The van der Waals surface area contributed by atoms with Crippen LogP contribution in [-0.4, -0.2) is 19.8 Å². The van der Waals surface area contributed by atoms with Gasteiger partial charge in [-0.15, -0.1) is 0 Å². The first kappa shape index (κ1) is 12.8. The van der Waals surface area contributed by atoms with E-state index in [1.165, 1.54) is 6.26 Å². The molecule has 0 bridgehead atoms. The van der Waals surface area contributed by atoms with Gasteiger partial charge >= 0.3 is 0 Å². The van der Waals surface area contributed by atoms with Crippen molar-refractivity contribution in [2.45, 2.75) is 11.5 Å². The third-order valence-electron chi connectivity index (χ3n) is 2.73. The molecule has 0 spiro atoms. The zero-order valence-electron chi connectivity index (χ0n) is 10.00. The van der Waals surface area contributed by atoms with Gasteiger partial charge in [0.1, 0.15) is 0 Å². The molecule has 0 saturated heterocycles. The zero-order chi connectivity index (χ0) is 13.2. The van der Waals surface area contributed by atoms with Gasteiger partial charge < -0.3 is 5.11 Å². The van der Waals surface area contributed by atoms with Crippen LogP contribution < -0.4 is 0 Å². The van der Waals surface area contributed by atoms with Gasteiger partial charge in [0.05, 0.1) is 11.5 Å². The van der Waals surface area contributed by atoms with Crippen molar-refractivity contribution in [2.24, 2.45) is 0 Å². The first-order valence-electron chi connectivity index (χ1n) is 5.51. The molecule has 0 aliphatic rings. The Balaban J connectivity index is 2.57. The van der Waals surface area contributed by atoms with E-state index in [-0.39, 0.29) is 6.61 Å². The van der Waals surface area contributed by atoms with Crippen molar-refractivity contribution in [2.75, 3.05) is 6.26 Å². The largest absolute Gasteiger partial charge is 0.392 e. The van der Waals surface area contributed by atoms with Crippen LogP contribution in [0.1, 0.15) is 5.56 Å². The normalized spacial score (nSPS) is 11.4. The lowest BCUT2D eigenvalue weighted by Gasteiger charge is -2.08. The van der Waals surface area contributed by atoms with E-state index in [4.69, 9.17) is 5.11 Å². The highest BCUT2D eigenvalue weighted by molar-refractivity contribution is 7.90. The molecule has 2 rings (SSSR count). The van der Waals surface area contributed by atoms with E-state index >= 15 is 0 Å². The summed E-state index contributed by atoms with van der Waals surface area (Å²) >= 11 is 0. The summed E-state index contributed by atoms with van der Waals surface area (Å²) in [4.78, 5) is 0.321. The molecule has 3 nitrogen and oxygen atoms in total. The van der Waals surface area contributed by atoms with Gasteiger partial charge in [-0.25, -0.2) is 8.42 Å². The molecule has 0 heterocycles. The lowest BCUT2D eigenvalue weighted by molar-refractivity contribution is 0.282. The van der Waals surface area contributed by atoms with E-state index in [2.05, 4.69) is 0 Å². The van der Waals surface area contributed by atoms with Gasteiger partial charge in [-0.3, -0.25) is 0 Å². The monoisotopic (exact) mass is 262 g/mol. The quantitative estimate of drug-likeness (QED) is 0.923. The fraction of sp³-hybridized carbons (Fsp3) is 0.143. The third-order valence-corrected chi connectivity index (χ3v) is 3.89. The Kier molecular flexibility index (Phi) is 3.50. The zero-order valence-corrected chi connectivity index (χ0v) is 10.8. The molecule has 0 fully saturated rings. The Bertz CT molecular complexity index is 643. The van der Waals surface area contributed by atoms with Crippen molar-refractivity contribution in [3.63, 3.8) is 0 Å². The summed E-state index contributed by atoms with van der Waals surface area (Å²) < 4.78 is 23.4. The minimum Gasteiger partial charge on any atom is -0.392 e. The van der Waals surface area contributed by atoms with Crippen LogP contribution in [0.3, 0.4) is 0 Å². The topological polar surface area (TPSA) is 54.4 Å². The summed E-state index contributed by atoms with van der Waals surface area (Å²) in [7, 11) is -3.25. The Hall–Kier alpha value is -1.65. The molecular weight excluding hydrogens is 248 g/mol. The van der Waals surface area contributed by atoms with Crippen LogP contribution in [0.2, 0.25) is 0 Å². The van der Waals surface area contributed by atoms with Crippen LogP contribution in [0, 0.1) is 0 Å². The number of sulfone groups is 1. The van der Waals surface area contributed by atoms with Crippen molar-refractivity contribution in [3.8, 4) is 11.1 Å². The van der Waals surface area contributed by atoms with Gasteiger partial charge in [-0.1, -0.05) is 42.5 Å². The molecule has 94 valence electrons. The molecule has 2 aromatic carbocycles. The molecule has 0 atom stereocenters. The molecule has 18 heavy (non-hydrogen) atoms. The van der Waals surface area contributed by atoms with Crippen LogP contribution in [0.15, 0.2) is 53.4 Å². The van der Waals surface area contributed by atoms with E-state index in [1.807, 2.05) is 18.2 Å². The molecule has 0 saturated carbocycles. The summed E-state index contributed by atoms with van der Waals surface area (Å²) in [6.07, 6.45) is 1.20. The van der Waals surface area contributed by atoms with Gasteiger partial charge in [-0.2, -0.15) is 0 Å². The fourth-order valence-electron chi connectivity index (χ4n) is 1.82. The molecule has 2 aromatic rings. The average Bonchev–Trinajstić information content (AvgIpc) is 2.38. The maximum atomic E-state index is 11.7. The van der Waals surface area contributed by atoms with Gasteiger partial charge in [0.25, 0.3) is 0 Å². The predicted molar refractivity (Wildman–Crippen MR) is 70.9 cm³/mol. The van der Waals surface area contributed by atoms with E-state index in [0.717, 1.165) is 11.1 Å². The van der Waals surface area contributed by atoms with Crippen LogP contribution in [-0.2, 0) is 16.4 Å². The van der Waals surface area contributed by atoms with Gasteiger partial charge in [-0.05, 0) is 17.2 Å². The Labute approximate surface area is 107 Å². The summed E-state index contributed by atoms with van der Waals surface area (Å²) in [6, 6.07) is 14.1. The van der Waals surface area contributed by atoms with Crippen LogP contribution in [0.25, 0.3) is 11.1 Å². The minimum atomic E-state index is -3.25. The first-order chi connectivity index (χ1) is 8.52. The Morgan fingerprint density at radius 3 is 2.17 bits per heavy atom.